The van der Waals surface area contributed by atoms with Gasteiger partial charge in [-0.3, -0.25) is 0 Å². The van der Waals surface area contributed by atoms with Gasteiger partial charge in [0, 0.05) is 18.2 Å². The van der Waals surface area contributed by atoms with Crippen molar-refractivity contribution < 1.29 is 32.6 Å². The standard InChI is InChI=1S/C30H37N5O7S/c1-7-31-23-16-35(29(38)42-30(4,5)6)17-24(23)41-25-15-22(26-18(2)10-8-11-19(26)3)32-28(33-25)34-43(39,40)21-13-9-12-20(14-21)27(36)37/h8-15,23-24,31H,7,16-17H2,1-6H3,(H,36,37)(H,32,33,34)/t23-,24?/m1/s1. The molecule has 0 aliphatic carbocycles. The Bertz CT molecular complexity index is 1600. The van der Waals surface area contributed by atoms with E-state index in [-0.39, 0.29) is 34.9 Å². The van der Waals surface area contributed by atoms with Crippen molar-refractivity contribution in [1.29, 1.82) is 0 Å². The number of benzene rings is 2. The lowest BCUT2D eigenvalue weighted by molar-refractivity contribution is 0.0274. The summed E-state index contributed by atoms with van der Waals surface area (Å²) in [6.07, 6.45) is -0.984. The number of aromatic carboxylic acids is 1. The van der Waals surface area contributed by atoms with Crippen LogP contribution in [0.5, 0.6) is 5.88 Å². The third-order valence-electron chi connectivity index (χ3n) is 6.71. The number of aromatic nitrogens is 2. The zero-order valence-electron chi connectivity index (χ0n) is 25.0. The zero-order chi connectivity index (χ0) is 31.5. The fourth-order valence-electron chi connectivity index (χ4n) is 4.84. The van der Waals surface area contributed by atoms with E-state index in [4.69, 9.17) is 9.47 Å². The summed E-state index contributed by atoms with van der Waals surface area (Å²) in [7, 11) is -4.27. The minimum absolute atomic E-state index is 0.101. The molecule has 0 saturated carbocycles. The third kappa shape index (κ3) is 7.79. The first kappa shape index (κ1) is 31.7. The number of hydrogen-bond acceptors (Lipinski definition) is 9. The van der Waals surface area contributed by atoms with Gasteiger partial charge in [0.1, 0.15) is 11.7 Å². The second-order valence-corrected chi connectivity index (χ2v) is 13.0. The Morgan fingerprint density at radius 2 is 1.72 bits per heavy atom. The summed E-state index contributed by atoms with van der Waals surface area (Å²) in [6, 6.07) is 12.1. The Hall–Kier alpha value is -4.23. The lowest BCUT2D eigenvalue weighted by Crippen LogP contribution is -2.42. The van der Waals surface area contributed by atoms with Gasteiger partial charge in [-0.2, -0.15) is 4.98 Å². The number of nitrogens with one attached hydrogen (secondary N) is 2. The van der Waals surface area contributed by atoms with Crippen LogP contribution in [0.25, 0.3) is 11.3 Å². The molecule has 4 rings (SSSR count). The van der Waals surface area contributed by atoms with Crippen molar-refractivity contribution in [3.05, 3.63) is 65.2 Å². The van der Waals surface area contributed by atoms with Crippen LogP contribution >= 0.6 is 0 Å². The predicted molar refractivity (Wildman–Crippen MR) is 161 cm³/mol. The van der Waals surface area contributed by atoms with Crippen molar-refractivity contribution in [2.75, 3.05) is 24.4 Å². The molecule has 2 atom stereocenters. The molecule has 230 valence electrons. The number of carbonyl (C=O) groups is 2. The van der Waals surface area contributed by atoms with Crippen LogP contribution in [0.1, 0.15) is 49.2 Å². The van der Waals surface area contributed by atoms with Gasteiger partial charge in [-0.25, -0.2) is 27.7 Å². The zero-order valence-corrected chi connectivity index (χ0v) is 25.9. The molecule has 1 aliphatic rings. The van der Waals surface area contributed by atoms with E-state index in [0.717, 1.165) is 22.8 Å². The number of carboxylic acid groups (broad SMARTS) is 1. The van der Waals surface area contributed by atoms with Crippen LogP contribution in [0.3, 0.4) is 0 Å². The SMILES string of the molecule is CCN[C@@H]1CN(C(=O)OC(C)(C)C)CC1Oc1cc(-c2c(C)cccc2C)nc(NS(=O)(=O)c2cccc(C(=O)O)c2)n1. The van der Waals surface area contributed by atoms with E-state index in [1.165, 1.54) is 18.2 Å². The second-order valence-electron chi connectivity index (χ2n) is 11.3. The highest BCUT2D eigenvalue weighted by Gasteiger charge is 2.38. The van der Waals surface area contributed by atoms with Crippen LogP contribution in [0.4, 0.5) is 10.7 Å². The van der Waals surface area contributed by atoms with Gasteiger partial charge in [-0.15, -0.1) is 0 Å². The van der Waals surface area contributed by atoms with Crippen molar-refractivity contribution >= 4 is 28.0 Å². The Labute approximate surface area is 251 Å². The molecule has 1 aliphatic heterocycles. The van der Waals surface area contributed by atoms with Crippen LogP contribution < -0.4 is 14.8 Å². The summed E-state index contributed by atoms with van der Waals surface area (Å²) in [5.74, 6) is -1.41. The number of carboxylic acids is 1. The first-order valence-electron chi connectivity index (χ1n) is 13.9. The molecule has 1 amide bonds. The van der Waals surface area contributed by atoms with Gasteiger partial charge in [-0.1, -0.05) is 31.2 Å². The van der Waals surface area contributed by atoms with Crippen LogP contribution in [0, 0.1) is 13.8 Å². The molecule has 43 heavy (non-hydrogen) atoms. The Kier molecular flexibility index (Phi) is 9.26. The maximum Gasteiger partial charge on any atom is 0.410 e. The van der Waals surface area contributed by atoms with Crippen LogP contribution in [-0.2, 0) is 14.8 Å². The molecule has 0 bridgehead atoms. The maximum atomic E-state index is 13.3. The molecule has 2 heterocycles. The lowest BCUT2D eigenvalue weighted by atomic mass is 10.00. The van der Waals surface area contributed by atoms with E-state index in [9.17, 15) is 23.1 Å². The molecule has 0 spiro atoms. The third-order valence-corrected chi connectivity index (χ3v) is 8.04. The molecule has 1 fully saturated rings. The van der Waals surface area contributed by atoms with E-state index >= 15 is 0 Å². The topological polar surface area (TPSA) is 160 Å². The number of aryl methyl sites for hydroxylation is 2. The summed E-state index contributed by atoms with van der Waals surface area (Å²) < 4.78 is 40.8. The minimum atomic E-state index is -4.27. The Balaban J connectivity index is 1.71. The summed E-state index contributed by atoms with van der Waals surface area (Å²) in [5.41, 5.74) is 2.20. The number of ether oxygens (including phenoxy) is 2. The van der Waals surface area contributed by atoms with Gasteiger partial charge in [0.2, 0.25) is 11.8 Å². The van der Waals surface area contributed by atoms with E-state index < -0.39 is 33.8 Å². The van der Waals surface area contributed by atoms with Crippen molar-refractivity contribution in [3.8, 4) is 17.1 Å². The van der Waals surface area contributed by atoms with E-state index in [0.29, 0.717) is 18.8 Å². The number of likely N-dealkylation sites (tertiary alicyclic amines) is 1. The summed E-state index contributed by atoms with van der Waals surface area (Å²) in [5, 5.41) is 12.7. The maximum absolute atomic E-state index is 13.3. The largest absolute Gasteiger partial charge is 0.478 e. The van der Waals surface area contributed by atoms with Crippen molar-refractivity contribution in [2.45, 2.75) is 64.2 Å². The number of anilines is 1. The monoisotopic (exact) mass is 611 g/mol. The highest BCUT2D eigenvalue weighted by Crippen LogP contribution is 2.30. The normalized spacial score (nSPS) is 17.0. The van der Waals surface area contributed by atoms with Crippen molar-refractivity contribution in [2.24, 2.45) is 0 Å². The molecule has 3 aromatic rings. The van der Waals surface area contributed by atoms with Gasteiger partial charge in [0.15, 0.2) is 0 Å². The molecule has 12 nitrogen and oxygen atoms in total. The average molecular weight is 612 g/mol. The summed E-state index contributed by atoms with van der Waals surface area (Å²) in [4.78, 5) is 34.4. The summed E-state index contributed by atoms with van der Waals surface area (Å²) >= 11 is 0. The van der Waals surface area contributed by atoms with Crippen molar-refractivity contribution in [1.82, 2.24) is 20.2 Å². The number of carbonyl (C=O) groups excluding carboxylic acids is 1. The van der Waals surface area contributed by atoms with Gasteiger partial charge in [0.05, 0.1) is 28.7 Å². The predicted octanol–water partition coefficient (Wildman–Crippen LogP) is 4.24. The van der Waals surface area contributed by atoms with Crippen molar-refractivity contribution in [3.63, 3.8) is 0 Å². The van der Waals surface area contributed by atoms with Gasteiger partial charge in [-0.05, 0) is 70.5 Å². The molecule has 1 saturated heterocycles. The molecular weight excluding hydrogens is 574 g/mol. The van der Waals surface area contributed by atoms with E-state index in [2.05, 4.69) is 20.0 Å². The lowest BCUT2D eigenvalue weighted by Gasteiger charge is -2.24. The molecule has 13 heteroatoms. The molecular formula is C30H37N5O7S. The van der Waals surface area contributed by atoms with Crippen LogP contribution in [0.15, 0.2) is 53.4 Å². The molecule has 1 aromatic heterocycles. The van der Waals surface area contributed by atoms with Gasteiger partial charge < -0.3 is 24.8 Å². The number of hydrogen-bond donors (Lipinski definition) is 3. The van der Waals surface area contributed by atoms with E-state index in [1.807, 2.05) is 39.0 Å². The first-order valence-corrected chi connectivity index (χ1v) is 15.3. The Morgan fingerprint density at radius 1 is 1.05 bits per heavy atom. The number of likely N-dealkylation sites (N-methyl/N-ethyl adjacent to an activating group) is 1. The fraction of sp³-hybridized carbons (Fsp3) is 0.400. The number of nitrogens with zero attached hydrogens (tertiary/aromatic N) is 3. The highest BCUT2D eigenvalue weighted by molar-refractivity contribution is 7.92. The van der Waals surface area contributed by atoms with Crippen LogP contribution in [-0.4, -0.2) is 77.8 Å². The first-order chi connectivity index (χ1) is 20.2. The van der Waals surface area contributed by atoms with Crippen LogP contribution in [0.2, 0.25) is 0 Å². The fourth-order valence-corrected chi connectivity index (χ4v) is 5.82. The molecule has 3 N–H and O–H groups in total. The van der Waals surface area contributed by atoms with Gasteiger partial charge >= 0.3 is 12.1 Å². The molecule has 0 radical (unpaired) electrons. The number of amides is 1. The second kappa shape index (κ2) is 12.6. The number of sulfonamides is 1. The number of rotatable bonds is 9. The van der Waals surface area contributed by atoms with E-state index in [1.54, 1.807) is 31.7 Å². The van der Waals surface area contributed by atoms with Gasteiger partial charge in [0.25, 0.3) is 10.0 Å². The molecule has 2 aromatic carbocycles. The average Bonchev–Trinajstić information content (AvgIpc) is 3.30. The Morgan fingerprint density at radius 3 is 2.35 bits per heavy atom. The minimum Gasteiger partial charge on any atom is -0.478 e. The highest BCUT2D eigenvalue weighted by atomic mass is 32.2. The molecule has 1 unspecified atom stereocenters. The summed E-state index contributed by atoms with van der Waals surface area (Å²) in [6.45, 7) is 12.4. The quantitative estimate of drug-likeness (QED) is 0.319. The smallest absolute Gasteiger partial charge is 0.410 e.